The number of para-hydroxylation sites is 1. The molecule has 0 amide bonds. The highest BCUT2D eigenvalue weighted by atomic mass is 32.2. The molecular weight excluding hydrogens is 376 g/mol. The molecule has 3 aliphatic heterocycles. The Morgan fingerprint density at radius 3 is 2.71 bits per heavy atom. The molecule has 3 heterocycles. The van der Waals surface area contributed by atoms with Crippen molar-refractivity contribution in [2.45, 2.75) is 17.9 Å². The van der Waals surface area contributed by atoms with Gasteiger partial charge in [-0.1, -0.05) is 30.3 Å². The van der Waals surface area contributed by atoms with E-state index in [2.05, 4.69) is 24.4 Å². The first-order chi connectivity index (χ1) is 13.6. The molecular formula is C21H24N2O4S. The van der Waals surface area contributed by atoms with E-state index in [-0.39, 0.29) is 16.9 Å². The third kappa shape index (κ3) is 2.72. The largest absolute Gasteiger partial charge is 0.486 e. The fourth-order valence-corrected chi connectivity index (χ4v) is 6.66. The van der Waals surface area contributed by atoms with Gasteiger partial charge in [-0.15, -0.1) is 0 Å². The van der Waals surface area contributed by atoms with Crippen molar-refractivity contribution < 1.29 is 17.9 Å². The molecule has 5 rings (SSSR count). The van der Waals surface area contributed by atoms with Gasteiger partial charge in [-0.05, 0) is 48.6 Å². The van der Waals surface area contributed by atoms with Gasteiger partial charge in [0.2, 0.25) is 10.0 Å². The highest BCUT2D eigenvalue weighted by Gasteiger charge is 2.50. The number of benzene rings is 2. The van der Waals surface area contributed by atoms with Crippen LogP contribution in [0.15, 0.2) is 47.4 Å². The molecule has 0 saturated carbocycles. The van der Waals surface area contributed by atoms with Crippen molar-refractivity contribution in [3.63, 3.8) is 0 Å². The van der Waals surface area contributed by atoms with Crippen molar-refractivity contribution in [1.29, 1.82) is 0 Å². The molecule has 0 spiro atoms. The first-order valence-corrected chi connectivity index (χ1v) is 11.2. The average molecular weight is 401 g/mol. The number of rotatable bonds is 3. The number of ether oxygens (including phenoxy) is 2. The van der Waals surface area contributed by atoms with Crippen LogP contribution < -0.4 is 14.8 Å². The molecule has 0 bridgehead atoms. The molecule has 0 aromatic heterocycles. The minimum Gasteiger partial charge on any atom is -0.486 e. The summed E-state index contributed by atoms with van der Waals surface area (Å²) in [7, 11) is -3.74. The van der Waals surface area contributed by atoms with E-state index in [0.29, 0.717) is 37.2 Å². The number of sulfonamides is 1. The molecule has 3 atom stereocenters. The molecule has 3 aliphatic rings. The Balaban J connectivity index is 1.62. The number of nitrogens with one attached hydrogen (secondary N) is 1. The van der Waals surface area contributed by atoms with E-state index in [1.807, 2.05) is 12.1 Å². The smallest absolute Gasteiger partial charge is 0.247 e. The van der Waals surface area contributed by atoms with Crippen molar-refractivity contribution in [3.8, 4) is 11.5 Å². The molecule has 2 fully saturated rings. The third-order valence-corrected chi connectivity index (χ3v) is 8.02. The Morgan fingerprint density at radius 2 is 1.86 bits per heavy atom. The van der Waals surface area contributed by atoms with Crippen LogP contribution in [0.1, 0.15) is 17.2 Å². The maximum Gasteiger partial charge on any atom is 0.247 e. The lowest BCUT2D eigenvalue weighted by Crippen LogP contribution is -2.35. The number of aryl methyl sites for hydroxylation is 1. The van der Waals surface area contributed by atoms with Gasteiger partial charge in [-0.25, -0.2) is 8.42 Å². The summed E-state index contributed by atoms with van der Waals surface area (Å²) < 4.78 is 40.6. The summed E-state index contributed by atoms with van der Waals surface area (Å²) >= 11 is 0. The van der Waals surface area contributed by atoms with Crippen LogP contribution in [0.5, 0.6) is 11.5 Å². The molecule has 6 nitrogen and oxygen atoms in total. The summed E-state index contributed by atoms with van der Waals surface area (Å²) in [4.78, 5) is 0.205. The summed E-state index contributed by atoms with van der Waals surface area (Å²) in [5, 5.41) is 3.44. The molecule has 28 heavy (non-hydrogen) atoms. The average Bonchev–Trinajstić information content (AvgIpc) is 3.30. The normalized spacial score (nSPS) is 27.0. The molecule has 0 unspecified atom stereocenters. The van der Waals surface area contributed by atoms with Crippen LogP contribution in [-0.2, 0) is 10.0 Å². The molecule has 2 aromatic carbocycles. The zero-order valence-electron chi connectivity index (χ0n) is 15.8. The zero-order valence-corrected chi connectivity index (χ0v) is 16.6. The second-order valence-electron chi connectivity index (χ2n) is 7.74. The molecule has 0 radical (unpaired) electrons. The second kappa shape index (κ2) is 6.76. The Labute approximate surface area is 165 Å². The molecule has 2 aromatic rings. The van der Waals surface area contributed by atoms with E-state index in [0.717, 1.165) is 24.2 Å². The van der Waals surface area contributed by atoms with E-state index in [4.69, 9.17) is 9.47 Å². The van der Waals surface area contributed by atoms with Crippen molar-refractivity contribution in [2.75, 3.05) is 32.8 Å². The van der Waals surface area contributed by atoms with Crippen molar-refractivity contribution in [3.05, 3.63) is 53.6 Å². The van der Waals surface area contributed by atoms with E-state index in [1.165, 1.54) is 0 Å². The predicted octanol–water partition coefficient (Wildman–Crippen LogP) is 2.35. The minimum absolute atomic E-state index is 0.174. The Bertz CT molecular complexity index is 1010. The lowest BCUT2D eigenvalue weighted by Gasteiger charge is -2.30. The fraction of sp³-hybridized carbons (Fsp3) is 0.429. The first kappa shape index (κ1) is 18.0. The summed E-state index contributed by atoms with van der Waals surface area (Å²) in [6.45, 7) is 5.05. The topological polar surface area (TPSA) is 67.9 Å². The summed E-state index contributed by atoms with van der Waals surface area (Å²) in [5.41, 5.74) is 2.21. The summed E-state index contributed by atoms with van der Waals surface area (Å²) in [5.74, 6) is 1.43. The van der Waals surface area contributed by atoms with Crippen LogP contribution in [0.25, 0.3) is 0 Å². The van der Waals surface area contributed by atoms with E-state index in [9.17, 15) is 8.42 Å². The van der Waals surface area contributed by atoms with Gasteiger partial charge >= 0.3 is 0 Å². The highest BCUT2D eigenvalue weighted by Crippen LogP contribution is 2.48. The standard InChI is InChI=1S/C21H24N2O4S/c1-14-5-2-3-6-16(14)20-17-12-22-11-15(17)13-23(20)28(24,25)19-8-4-7-18-21(19)27-10-9-26-18/h2-8,15,17,20,22H,9-13H2,1H3/t15-,17-,20-/m0/s1. The maximum atomic E-state index is 13.8. The van der Waals surface area contributed by atoms with Gasteiger partial charge in [0.05, 0.1) is 6.04 Å². The molecule has 148 valence electrons. The van der Waals surface area contributed by atoms with Crippen LogP contribution in [0, 0.1) is 18.8 Å². The monoisotopic (exact) mass is 400 g/mol. The van der Waals surface area contributed by atoms with Crippen LogP contribution in [0.3, 0.4) is 0 Å². The molecule has 2 saturated heterocycles. The van der Waals surface area contributed by atoms with Crippen molar-refractivity contribution in [2.24, 2.45) is 11.8 Å². The Kier molecular flexibility index (Phi) is 4.34. The van der Waals surface area contributed by atoms with Gasteiger partial charge in [-0.2, -0.15) is 4.31 Å². The zero-order chi connectivity index (χ0) is 19.3. The van der Waals surface area contributed by atoms with Gasteiger partial charge in [-0.3, -0.25) is 0 Å². The van der Waals surface area contributed by atoms with E-state index >= 15 is 0 Å². The van der Waals surface area contributed by atoms with Gasteiger partial charge < -0.3 is 14.8 Å². The SMILES string of the molecule is Cc1ccccc1[C@H]1[C@H]2CNC[C@H]2CN1S(=O)(=O)c1cccc2c1OCCO2. The number of nitrogens with zero attached hydrogens (tertiary/aromatic N) is 1. The first-order valence-electron chi connectivity index (χ1n) is 9.74. The maximum absolute atomic E-state index is 13.8. The second-order valence-corrected chi connectivity index (χ2v) is 9.60. The predicted molar refractivity (Wildman–Crippen MR) is 105 cm³/mol. The van der Waals surface area contributed by atoms with Gasteiger partial charge in [0.1, 0.15) is 18.1 Å². The number of hydrogen-bond acceptors (Lipinski definition) is 5. The third-order valence-electron chi connectivity index (χ3n) is 6.15. The summed E-state index contributed by atoms with van der Waals surface area (Å²) in [6, 6.07) is 13.0. The highest BCUT2D eigenvalue weighted by molar-refractivity contribution is 7.89. The molecule has 7 heteroatoms. The van der Waals surface area contributed by atoms with E-state index in [1.54, 1.807) is 22.5 Å². The van der Waals surface area contributed by atoms with E-state index < -0.39 is 10.0 Å². The lowest BCUT2D eigenvalue weighted by atomic mass is 9.88. The summed E-state index contributed by atoms with van der Waals surface area (Å²) in [6.07, 6.45) is 0. The van der Waals surface area contributed by atoms with Crippen molar-refractivity contribution >= 4 is 10.0 Å². The van der Waals surface area contributed by atoms with Crippen LogP contribution in [0.4, 0.5) is 0 Å². The van der Waals surface area contributed by atoms with Gasteiger partial charge in [0.15, 0.2) is 11.5 Å². The van der Waals surface area contributed by atoms with Crippen LogP contribution in [0.2, 0.25) is 0 Å². The quantitative estimate of drug-likeness (QED) is 0.857. The number of fused-ring (bicyclic) bond motifs is 2. The minimum atomic E-state index is -3.74. The van der Waals surface area contributed by atoms with Gasteiger partial charge in [0.25, 0.3) is 0 Å². The Morgan fingerprint density at radius 1 is 1.04 bits per heavy atom. The van der Waals surface area contributed by atoms with Crippen molar-refractivity contribution in [1.82, 2.24) is 9.62 Å². The fourth-order valence-electron chi connectivity index (χ4n) is 4.81. The molecule has 1 N–H and O–H groups in total. The Hall–Kier alpha value is -2.09. The number of hydrogen-bond donors (Lipinski definition) is 1. The van der Waals surface area contributed by atoms with Crippen LogP contribution in [-0.4, -0.2) is 45.6 Å². The molecule has 0 aliphatic carbocycles. The van der Waals surface area contributed by atoms with Crippen LogP contribution >= 0.6 is 0 Å². The lowest BCUT2D eigenvalue weighted by molar-refractivity contribution is 0.166. The van der Waals surface area contributed by atoms with Gasteiger partial charge in [0, 0.05) is 13.1 Å².